The smallest absolute Gasteiger partial charge is 0.341 e. The predicted molar refractivity (Wildman–Crippen MR) is 106 cm³/mol. The van der Waals surface area contributed by atoms with Crippen LogP contribution in [0.25, 0.3) is 22.5 Å². The topological polar surface area (TPSA) is 81.7 Å². The molecule has 1 N–H and O–H groups in total. The zero-order valence-electron chi connectivity index (χ0n) is 15.4. The van der Waals surface area contributed by atoms with Crippen LogP contribution in [-0.2, 0) is 11.2 Å². The highest BCUT2D eigenvalue weighted by atomic mass is 16.5. The molecule has 0 saturated carbocycles. The number of ether oxygens (including phenoxy) is 1. The second-order valence-electron chi connectivity index (χ2n) is 7.71. The van der Waals surface area contributed by atoms with E-state index in [1.807, 2.05) is 22.8 Å². The summed E-state index contributed by atoms with van der Waals surface area (Å²) in [5.74, 6) is -0.381. The summed E-state index contributed by atoms with van der Waals surface area (Å²) in [6.45, 7) is 0.611. The average Bonchev–Trinajstić information content (AvgIpc) is 3.45. The molecule has 4 heterocycles. The van der Waals surface area contributed by atoms with Gasteiger partial charge in [-0.3, -0.25) is 4.79 Å². The van der Waals surface area contributed by atoms with Gasteiger partial charge in [-0.1, -0.05) is 12.1 Å². The van der Waals surface area contributed by atoms with Gasteiger partial charge >= 0.3 is 5.97 Å². The Morgan fingerprint density at radius 1 is 1.21 bits per heavy atom. The molecule has 1 fully saturated rings. The lowest BCUT2D eigenvalue weighted by molar-refractivity contribution is 0.0693. The van der Waals surface area contributed by atoms with E-state index in [1.54, 1.807) is 6.26 Å². The van der Waals surface area contributed by atoms with Crippen molar-refractivity contribution in [2.45, 2.75) is 25.0 Å². The number of benzene rings is 1. The minimum Gasteiger partial charge on any atom is -0.477 e. The van der Waals surface area contributed by atoms with E-state index in [2.05, 4.69) is 12.1 Å². The molecule has 0 radical (unpaired) electrons. The molecular weight excluding hydrogens is 370 g/mol. The van der Waals surface area contributed by atoms with Crippen LogP contribution in [0.2, 0.25) is 0 Å². The molecule has 1 saturated heterocycles. The number of carbonyl (C=O) groups is 1. The second kappa shape index (κ2) is 5.81. The van der Waals surface area contributed by atoms with Crippen molar-refractivity contribution >= 4 is 17.1 Å². The Morgan fingerprint density at radius 3 is 2.90 bits per heavy atom. The van der Waals surface area contributed by atoms with Gasteiger partial charge in [-0.25, -0.2) is 4.79 Å². The lowest BCUT2D eigenvalue weighted by Crippen LogP contribution is -2.31. The zero-order valence-corrected chi connectivity index (χ0v) is 15.4. The fourth-order valence-electron chi connectivity index (χ4n) is 4.97. The van der Waals surface area contributed by atoms with E-state index >= 15 is 0 Å². The Kier molecular flexibility index (Phi) is 3.32. The van der Waals surface area contributed by atoms with Gasteiger partial charge in [0.1, 0.15) is 17.4 Å². The van der Waals surface area contributed by atoms with E-state index in [1.165, 1.54) is 17.8 Å². The molecule has 0 bridgehead atoms. The molecule has 6 heteroatoms. The van der Waals surface area contributed by atoms with E-state index in [9.17, 15) is 14.7 Å². The van der Waals surface area contributed by atoms with Crippen LogP contribution in [0.3, 0.4) is 0 Å². The highest BCUT2D eigenvalue weighted by Gasteiger charge is 2.43. The maximum Gasteiger partial charge on any atom is 0.341 e. The summed E-state index contributed by atoms with van der Waals surface area (Å²) in [7, 11) is 0. The third-order valence-corrected chi connectivity index (χ3v) is 6.21. The lowest BCUT2D eigenvalue weighted by Gasteiger charge is -2.32. The Bertz CT molecular complexity index is 1260. The van der Waals surface area contributed by atoms with Gasteiger partial charge in [-0.15, -0.1) is 0 Å². The lowest BCUT2D eigenvalue weighted by atomic mass is 9.89. The molecule has 1 aromatic carbocycles. The largest absolute Gasteiger partial charge is 0.477 e. The van der Waals surface area contributed by atoms with Gasteiger partial charge in [-0.2, -0.15) is 0 Å². The molecule has 2 aliphatic heterocycles. The van der Waals surface area contributed by atoms with Crippen LogP contribution in [0.1, 0.15) is 39.6 Å². The van der Waals surface area contributed by atoms with Crippen LogP contribution in [0, 0.1) is 0 Å². The van der Waals surface area contributed by atoms with Crippen LogP contribution >= 0.6 is 0 Å². The van der Waals surface area contributed by atoms with Crippen molar-refractivity contribution in [3.63, 3.8) is 0 Å². The first kappa shape index (κ1) is 16.6. The van der Waals surface area contributed by atoms with Crippen molar-refractivity contribution in [1.29, 1.82) is 0 Å². The average molecular weight is 387 g/mol. The predicted octanol–water partition coefficient (Wildman–Crippen LogP) is 3.62. The van der Waals surface area contributed by atoms with Crippen molar-refractivity contribution in [2.24, 2.45) is 0 Å². The molecule has 2 aromatic heterocycles. The minimum atomic E-state index is -1.20. The molecular formula is C23H17NO5. The molecule has 1 aliphatic carbocycles. The van der Waals surface area contributed by atoms with Crippen LogP contribution in [0.5, 0.6) is 0 Å². The summed E-state index contributed by atoms with van der Waals surface area (Å²) in [6, 6.07) is 11.6. The number of hydrogen-bond donors (Lipinski definition) is 1. The van der Waals surface area contributed by atoms with E-state index in [0.717, 1.165) is 40.1 Å². The third-order valence-electron chi connectivity index (χ3n) is 6.21. The van der Waals surface area contributed by atoms with Crippen LogP contribution in [0.4, 0.5) is 0 Å². The first-order valence-electron chi connectivity index (χ1n) is 9.63. The maximum atomic E-state index is 12.4. The van der Waals surface area contributed by atoms with Gasteiger partial charge in [0.15, 0.2) is 5.43 Å². The molecule has 3 aliphatic rings. The Labute approximate surface area is 165 Å². The van der Waals surface area contributed by atoms with Gasteiger partial charge in [0.25, 0.3) is 0 Å². The molecule has 3 aromatic rings. The number of aromatic nitrogens is 1. The first-order chi connectivity index (χ1) is 14.1. The Balaban J connectivity index is 1.54. The SMILES string of the molecule is O=C(O)c1cn2c(cc1=O)C1=C(c3ccc(-c4ccco4)cc3C1)[C@H]1OCC[C@H]12. The highest BCUT2D eigenvalue weighted by molar-refractivity contribution is 6.00. The van der Waals surface area contributed by atoms with Crippen LogP contribution in [0.15, 0.2) is 58.1 Å². The van der Waals surface area contributed by atoms with E-state index in [0.29, 0.717) is 13.0 Å². The molecule has 29 heavy (non-hydrogen) atoms. The third kappa shape index (κ3) is 2.26. The number of hydrogen-bond acceptors (Lipinski definition) is 4. The normalized spacial score (nSPS) is 21.5. The summed E-state index contributed by atoms with van der Waals surface area (Å²) < 4.78 is 13.6. The molecule has 6 nitrogen and oxygen atoms in total. The molecule has 0 unspecified atom stereocenters. The number of carboxylic acids is 1. The Hall–Kier alpha value is -3.38. The van der Waals surface area contributed by atoms with Gasteiger partial charge in [0.2, 0.25) is 0 Å². The van der Waals surface area contributed by atoms with Gasteiger partial charge < -0.3 is 18.8 Å². The summed E-state index contributed by atoms with van der Waals surface area (Å²) >= 11 is 0. The van der Waals surface area contributed by atoms with Crippen LogP contribution < -0.4 is 5.43 Å². The number of aromatic carboxylic acids is 1. The quantitative estimate of drug-likeness (QED) is 0.726. The number of pyridine rings is 1. The molecule has 144 valence electrons. The second-order valence-corrected chi connectivity index (χ2v) is 7.71. The zero-order chi connectivity index (χ0) is 19.7. The first-order valence-corrected chi connectivity index (χ1v) is 9.63. The van der Waals surface area contributed by atoms with Gasteiger partial charge in [-0.05, 0) is 46.9 Å². The number of allylic oxidation sites excluding steroid dienone is 1. The number of fused-ring (bicyclic) bond motifs is 7. The summed E-state index contributed by atoms with van der Waals surface area (Å²) in [5.41, 5.74) is 5.66. The van der Waals surface area contributed by atoms with Crippen molar-refractivity contribution in [2.75, 3.05) is 6.61 Å². The monoisotopic (exact) mass is 387 g/mol. The van der Waals surface area contributed by atoms with Gasteiger partial charge in [0, 0.05) is 36.5 Å². The highest BCUT2D eigenvalue weighted by Crippen LogP contribution is 2.50. The minimum absolute atomic E-state index is 0.00171. The Morgan fingerprint density at radius 2 is 2.10 bits per heavy atom. The number of furan rings is 1. The van der Waals surface area contributed by atoms with Crippen molar-refractivity contribution in [3.8, 4) is 11.3 Å². The van der Waals surface area contributed by atoms with Gasteiger partial charge in [0.05, 0.1) is 12.3 Å². The fraction of sp³-hybridized carbons (Fsp3) is 0.217. The molecule has 0 spiro atoms. The van der Waals surface area contributed by atoms with E-state index in [-0.39, 0.29) is 17.7 Å². The number of nitrogens with zero attached hydrogens (tertiary/aromatic N) is 1. The van der Waals surface area contributed by atoms with E-state index < -0.39 is 11.4 Å². The fourth-order valence-corrected chi connectivity index (χ4v) is 4.97. The maximum absolute atomic E-state index is 12.4. The van der Waals surface area contributed by atoms with E-state index in [4.69, 9.17) is 9.15 Å². The van der Waals surface area contributed by atoms with Crippen molar-refractivity contribution in [1.82, 2.24) is 4.57 Å². The standard InChI is InChI=1S/C23H17NO5/c25-19-10-18-15-9-13-8-12(20-2-1-6-28-20)3-4-14(13)21(15)22-17(5-7-29-22)24(18)11-16(19)23(26)27/h1-4,6,8,10-11,17,22H,5,7,9H2,(H,26,27)/t17-,22+/m1/s1. The summed E-state index contributed by atoms with van der Waals surface area (Å²) in [6.07, 6.45) is 4.49. The molecule has 0 amide bonds. The molecule has 6 rings (SSSR count). The van der Waals surface area contributed by atoms with Crippen molar-refractivity contribution < 1.29 is 19.1 Å². The summed E-state index contributed by atoms with van der Waals surface area (Å²) in [4.78, 5) is 23.9. The van der Waals surface area contributed by atoms with Crippen LogP contribution in [-0.4, -0.2) is 28.4 Å². The van der Waals surface area contributed by atoms with Crippen molar-refractivity contribution in [3.05, 3.63) is 81.5 Å². The number of rotatable bonds is 2. The number of carboxylic acid groups (broad SMARTS) is 1. The molecule has 2 atom stereocenters. The summed E-state index contributed by atoms with van der Waals surface area (Å²) in [5, 5.41) is 9.39.